The molecule has 0 radical (unpaired) electrons. The molecule has 0 spiro atoms. The maximum Gasteiger partial charge on any atom is 0.219 e. The van der Waals surface area contributed by atoms with Crippen molar-refractivity contribution in [3.8, 4) is 23.1 Å². The molecule has 3 N–H and O–H groups in total. The molecule has 0 saturated heterocycles. The fraction of sp³-hybridized carbons (Fsp3) is 0.143. The number of ether oxygens (including phenoxy) is 3. The Bertz CT molecular complexity index is 906. The van der Waals surface area contributed by atoms with E-state index in [0.29, 0.717) is 35.6 Å². The molecule has 7 nitrogen and oxygen atoms in total. The van der Waals surface area contributed by atoms with Crippen LogP contribution < -0.4 is 25.3 Å². The van der Waals surface area contributed by atoms with Crippen molar-refractivity contribution < 1.29 is 14.2 Å². The average Bonchev–Trinajstić information content (AvgIpc) is 2.74. The molecule has 0 atom stereocenters. The van der Waals surface area contributed by atoms with Crippen molar-refractivity contribution in [3.63, 3.8) is 0 Å². The van der Waals surface area contributed by atoms with Gasteiger partial charge >= 0.3 is 0 Å². The number of pyridine rings is 1. The number of aliphatic imine (C=N–C) groups is 1. The van der Waals surface area contributed by atoms with E-state index in [4.69, 9.17) is 19.9 Å². The largest absolute Gasteiger partial charge is 0.493 e. The number of methoxy groups -OCH3 is 2. The first-order chi connectivity index (χ1) is 13.7. The van der Waals surface area contributed by atoms with Crippen LogP contribution >= 0.6 is 0 Å². The van der Waals surface area contributed by atoms with Crippen LogP contribution in [0.25, 0.3) is 0 Å². The molecule has 3 rings (SSSR count). The van der Waals surface area contributed by atoms with E-state index < -0.39 is 0 Å². The van der Waals surface area contributed by atoms with Gasteiger partial charge in [0.05, 0.1) is 20.8 Å². The van der Waals surface area contributed by atoms with Crippen molar-refractivity contribution in [1.82, 2.24) is 4.98 Å². The van der Waals surface area contributed by atoms with Crippen LogP contribution in [0.3, 0.4) is 0 Å². The van der Waals surface area contributed by atoms with Crippen LogP contribution in [0.4, 0.5) is 5.69 Å². The second-order valence-corrected chi connectivity index (χ2v) is 5.79. The van der Waals surface area contributed by atoms with Crippen LogP contribution in [-0.4, -0.2) is 25.2 Å². The van der Waals surface area contributed by atoms with Crippen LogP contribution in [0.2, 0.25) is 0 Å². The molecule has 7 heteroatoms. The van der Waals surface area contributed by atoms with Crippen molar-refractivity contribution in [1.29, 1.82) is 0 Å². The van der Waals surface area contributed by atoms with E-state index in [2.05, 4.69) is 15.3 Å². The van der Waals surface area contributed by atoms with Gasteiger partial charge in [-0.2, -0.15) is 0 Å². The van der Waals surface area contributed by atoms with Crippen molar-refractivity contribution in [2.45, 2.75) is 6.54 Å². The van der Waals surface area contributed by atoms with E-state index in [1.807, 2.05) is 42.5 Å². The Morgan fingerprint density at radius 3 is 2.29 bits per heavy atom. The van der Waals surface area contributed by atoms with E-state index in [1.165, 1.54) is 0 Å². The minimum Gasteiger partial charge on any atom is -0.493 e. The van der Waals surface area contributed by atoms with Crippen LogP contribution in [0.5, 0.6) is 23.1 Å². The number of nitrogens with one attached hydrogen (secondary N) is 1. The summed E-state index contributed by atoms with van der Waals surface area (Å²) in [5.74, 6) is 2.36. The summed E-state index contributed by atoms with van der Waals surface area (Å²) in [6, 6.07) is 18.7. The first kappa shape index (κ1) is 19.0. The number of hydrogen-bond donors (Lipinski definition) is 2. The Labute approximate surface area is 163 Å². The molecule has 0 saturated carbocycles. The third-order valence-electron chi connectivity index (χ3n) is 3.87. The molecule has 0 aliphatic carbocycles. The summed E-state index contributed by atoms with van der Waals surface area (Å²) in [7, 11) is 3.15. The van der Waals surface area contributed by atoms with Gasteiger partial charge in [-0.3, -0.25) is 0 Å². The molecule has 0 aliphatic heterocycles. The number of hydrogen-bond acceptors (Lipinski definition) is 5. The molecular weight excluding hydrogens is 356 g/mol. The fourth-order valence-electron chi connectivity index (χ4n) is 2.47. The summed E-state index contributed by atoms with van der Waals surface area (Å²) in [5, 5.41) is 3.04. The van der Waals surface area contributed by atoms with Gasteiger partial charge in [0.25, 0.3) is 0 Å². The van der Waals surface area contributed by atoms with Gasteiger partial charge in [-0.25, -0.2) is 9.98 Å². The maximum atomic E-state index is 5.92. The molecular formula is C21H22N4O3. The van der Waals surface area contributed by atoms with Crippen LogP contribution in [0, 0.1) is 0 Å². The van der Waals surface area contributed by atoms with E-state index >= 15 is 0 Å². The zero-order valence-electron chi connectivity index (χ0n) is 15.8. The number of anilines is 1. The van der Waals surface area contributed by atoms with Crippen molar-refractivity contribution in [2.75, 3.05) is 19.5 Å². The van der Waals surface area contributed by atoms with Crippen LogP contribution in [-0.2, 0) is 6.54 Å². The highest BCUT2D eigenvalue weighted by Gasteiger charge is 2.13. The first-order valence-corrected chi connectivity index (χ1v) is 8.65. The molecule has 28 heavy (non-hydrogen) atoms. The summed E-state index contributed by atoms with van der Waals surface area (Å²) in [5.41, 5.74) is 7.70. The predicted octanol–water partition coefficient (Wildman–Crippen LogP) is 3.82. The molecule has 0 amide bonds. The minimum absolute atomic E-state index is 0.338. The van der Waals surface area contributed by atoms with E-state index in [9.17, 15) is 0 Å². The summed E-state index contributed by atoms with van der Waals surface area (Å²) in [6.07, 6.45) is 1.69. The number of nitrogens with two attached hydrogens (primary N) is 1. The number of nitrogens with zero attached hydrogens (tertiary/aromatic N) is 2. The quantitative estimate of drug-likeness (QED) is 0.480. The van der Waals surface area contributed by atoms with Crippen molar-refractivity contribution in [2.24, 2.45) is 10.7 Å². The van der Waals surface area contributed by atoms with E-state index in [1.54, 1.807) is 38.6 Å². The van der Waals surface area contributed by atoms with Gasteiger partial charge < -0.3 is 25.3 Å². The van der Waals surface area contributed by atoms with Crippen molar-refractivity contribution >= 4 is 11.6 Å². The van der Waals surface area contributed by atoms with E-state index in [-0.39, 0.29) is 0 Å². The molecule has 0 aliphatic rings. The Morgan fingerprint density at radius 2 is 1.68 bits per heavy atom. The Morgan fingerprint density at radius 1 is 0.964 bits per heavy atom. The van der Waals surface area contributed by atoms with Crippen LogP contribution in [0.15, 0.2) is 71.9 Å². The normalized spacial score (nSPS) is 11.0. The molecule has 3 aromatic rings. The molecule has 2 aromatic carbocycles. The molecule has 1 heterocycles. The SMILES string of the molecule is COc1cccc(OC)c1Oc1ccc(CN=C(N)Nc2ccccc2)cn1. The van der Waals surface area contributed by atoms with Crippen LogP contribution in [0.1, 0.15) is 5.56 Å². The highest BCUT2D eigenvalue weighted by molar-refractivity contribution is 5.92. The number of aromatic nitrogens is 1. The molecule has 0 bridgehead atoms. The molecule has 1 aromatic heterocycles. The Kier molecular flexibility index (Phi) is 6.30. The second kappa shape index (κ2) is 9.27. The monoisotopic (exact) mass is 378 g/mol. The highest BCUT2D eigenvalue weighted by Crippen LogP contribution is 2.39. The van der Waals surface area contributed by atoms with Crippen molar-refractivity contribution in [3.05, 3.63) is 72.4 Å². The van der Waals surface area contributed by atoms with Gasteiger partial charge in [0.2, 0.25) is 11.6 Å². The zero-order valence-corrected chi connectivity index (χ0v) is 15.8. The number of benzene rings is 2. The predicted molar refractivity (Wildman–Crippen MR) is 109 cm³/mol. The molecule has 144 valence electrons. The second-order valence-electron chi connectivity index (χ2n) is 5.79. The smallest absolute Gasteiger partial charge is 0.219 e. The number of rotatable bonds is 7. The molecule has 0 fully saturated rings. The fourth-order valence-corrected chi connectivity index (χ4v) is 2.47. The number of para-hydroxylation sites is 2. The van der Waals surface area contributed by atoms with Gasteiger partial charge in [-0.05, 0) is 29.8 Å². The summed E-state index contributed by atoms with van der Waals surface area (Å²) >= 11 is 0. The topological polar surface area (TPSA) is 91.0 Å². The highest BCUT2D eigenvalue weighted by atomic mass is 16.5. The lowest BCUT2D eigenvalue weighted by Crippen LogP contribution is -2.22. The third-order valence-corrected chi connectivity index (χ3v) is 3.87. The summed E-state index contributed by atoms with van der Waals surface area (Å²) in [4.78, 5) is 8.64. The summed E-state index contributed by atoms with van der Waals surface area (Å²) < 4.78 is 16.5. The van der Waals surface area contributed by atoms with Gasteiger partial charge in [0, 0.05) is 18.0 Å². The molecule has 0 unspecified atom stereocenters. The average molecular weight is 378 g/mol. The third kappa shape index (κ3) is 4.91. The lowest BCUT2D eigenvalue weighted by atomic mass is 10.3. The Hall–Kier alpha value is -3.74. The maximum absolute atomic E-state index is 5.92. The number of guanidine groups is 1. The lowest BCUT2D eigenvalue weighted by molar-refractivity contribution is 0.342. The first-order valence-electron chi connectivity index (χ1n) is 8.65. The summed E-state index contributed by atoms with van der Waals surface area (Å²) in [6.45, 7) is 0.400. The minimum atomic E-state index is 0.338. The van der Waals surface area contributed by atoms with Gasteiger partial charge in [-0.1, -0.05) is 30.3 Å². The Balaban J connectivity index is 1.65. The lowest BCUT2D eigenvalue weighted by Gasteiger charge is -2.13. The van der Waals surface area contributed by atoms with Gasteiger partial charge in [0.1, 0.15) is 0 Å². The van der Waals surface area contributed by atoms with E-state index in [0.717, 1.165) is 11.3 Å². The zero-order chi connectivity index (χ0) is 19.8. The van der Waals surface area contributed by atoms with Gasteiger partial charge in [-0.15, -0.1) is 0 Å². The van der Waals surface area contributed by atoms with Gasteiger partial charge in [0.15, 0.2) is 17.5 Å². The standard InChI is InChI=1S/C21H22N4O3/c1-26-17-9-6-10-18(27-2)20(17)28-19-12-11-15(13-23-19)14-24-21(22)25-16-7-4-3-5-8-16/h3-13H,14H2,1-2H3,(H3,22,24,25).